The Morgan fingerprint density at radius 1 is 1.30 bits per heavy atom. The van der Waals surface area contributed by atoms with E-state index in [0.717, 1.165) is 17.0 Å². The molecule has 7 heteroatoms. The van der Waals surface area contributed by atoms with Crippen LogP contribution in [-0.2, 0) is 4.74 Å². The zero-order valence-corrected chi connectivity index (χ0v) is 15.8. The monoisotopic (exact) mass is 365 g/mol. The fourth-order valence-corrected chi connectivity index (χ4v) is 3.41. The van der Waals surface area contributed by atoms with Crippen LogP contribution >= 0.6 is 0 Å². The van der Waals surface area contributed by atoms with Crippen molar-refractivity contribution in [1.82, 2.24) is 24.5 Å². The smallest absolute Gasteiger partial charge is 0.254 e. The van der Waals surface area contributed by atoms with E-state index in [2.05, 4.69) is 35.0 Å². The molecule has 0 aliphatic carbocycles. The maximum atomic E-state index is 13.1. The standard InChI is InChI=1S/C20H23N5O2/c1-13(2)15-5-4-6-16(10-15)19(26)24-7-8-27-18(11-24)17-9-14(3)23-20-21-12-22-25(17)20/h4-6,9-10,12-13,18H,7-8,11H2,1-3H3. The van der Waals surface area contributed by atoms with Gasteiger partial charge in [0.05, 0.1) is 18.8 Å². The number of carbonyl (C=O) groups is 1. The number of amides is 1. The van der Waals surface area contributed by atoms with Gasteiger partial charge in [0.1, 0.15) is 12.4 Å². The average Bonchev–Trinajstić information content (AvgIpc) is 3.15. The second-order valence-electron chi connectivity index (χ2n) is 7.18. The maximum Gasteiger partial charge on any atom is 0.254 e. The molecule has 0 bridgehead atoms. The van der Waals surface area contributed by atoms with Gasteiger partial charge >= 0.3 is 0 Å². The largest absolute Gasteiger partial charge is 0.368 e. The summed E-state index contributed by atoms with van der Waals surface area (Å²) in [5, 5.41) is 4.25. The quantitative estimate of drug-likeness (QED) is 0.714. The molecule has 1 atom stereocenters. The molecule has 7 nitrogen and oxygen atoms in total. The minimum Gasteiger partial charge on any atom is -0.368 e. The molecule has 1 aromatic carbocycles. The molecule has 2 aromatic heterocycles. The summed E-state index contributed by atoms with van der Waals surface area (Å²) in [7, 11) is 0. The van der Waals surface area contributed by atoms with Gasteiger partial charge in [0.2, 0.25) is 0 Å². The Kier molecular flexibility index (Phi) is 4.61. The molecule has 1 aliphatic rings. The summed E-state index contributed by atoms with van der Waals surface area (Å²) in [6.07, 6.45) is 1.22. The van der Waals surface area contributed by atoms with Crippen molar-refractivity contribution in [2.24, 2.45) is 0 Å². The minimum atomic E-state index is -0.262. The lowest BCUT2D eigenvalue weighted by atomic mass is 10.0. The van der Waals surface area contributed by atoms with E-state index in [4.69, 9.17) is 4.74 Å². The Labute approximate surface area is 158 Å². The summed E-state index contributed by atoms with van der Waals surface area (Å²) in [6, 6.07) is 9.82. The van der Waals surface area contributed by atoms with Crippen LogP contribution in [0.3, 0.4) is 0 Å². The lowest BCUT2D eigenvalue weighted by molar-refractivity contribution is -0.0257. The molecule has 1 aliphatic heterocycles. The zero-order valence-electron chi connectivity index (χ0n) is 15.8. The fourth-order valence-electron chi connectivity index (χ4n) is 3.41. The number of hydrogen-bond acceptors (Lipinski definition) is 5. The summed E-state index contributed by atoms with van der Waals surface area (Å²) in [6.45, 7) is 7.71. The van der Waals surface area contributed by atoms with Crippen LogP contribution in [-0.4, -0.2) is 50.1 Å². The van der Waals surface area contributed by atoms with E-state index in [1.807, 2.05) is 36.1 Å². The van der Waals surface area contributed by atoms with Crippen molar-refractivity contribution in [2.75, 3.05) is 19.7 Å². The van der Waals surface area contributed by atoms with Crippen molar-refractivity contribution >= 4 is 11.7 Å². The molecule has 140 valence electrons. The lowest BCUT2D eigenvalue weighted by Gasteiger charge is -2.33. The molecule has 1 amide bonds. The number of hydrogen-bond donors (Lipinski definition) is 0. The Bertz CT molecular complexity index is 981. The highest BCUT2D eigenvalue weighted by molar-refractivity contribution is 5.94. The van der Waals surface area contributed by atoms with Crippen LogP contribution in [0.5, 0.6) is 0 Å². The molecule has 4 rings (SSSR count). The molecule has 0 spiro atoms. The number of benzene rings is 1. The van der Waals surface area contributed by atoms with Crippen LogP contribution < -0.4 is 0 Å². The number of fused-ring (bicyclic) bond motifs is 1. The van der Waals surface area contributed by atoms with Gasteiger partial charge in [-0.15, -0.1) is 0 Å². The van der Waals surface area contributed by atoms with E-state index in [0.29, 0.717) is 31.4 Å². The summed E-state index contributed by atoms with van der Waals surface area (Å²) in [5.41, 5.74) is 3.60. The molecule has 27 heavy (non-hydrogen) atoms. The summed E-state index contributed by atoms with van der Waals surface area (Å²) < 4.78 is 7.65. The predicted molar refractivity (Wildman–Crippen MR) is 101 cm³/mol. The molecule has 1 saturated heterocycles. The molecular formula is C20H23N5O2. The molecule has 0 N–H and O–H groups in total. The van der Waals surface area contributed by atoms with E-state index in [1.165, 1.54) is 11.9 Å². The first-order valence-corrected chi connectivity index (χ1v) is 9.21. The highest BCUT2D eigenvalue weighted by Gasteiger charge is 2.28. The third-order valence-corrected chi connectivity index (χ3v) is 4.89. The van der Waals surface area contributed by atoms with Crippen molar-refractivity contribution in [3.05, 3.63) is 59.2 Å². The Hall–Kier alpha value is -2.80. The van der Waals surface area contributed by atoms with Crippen LogP contribution in [0.25, 0.3) is 5.78 Å². The van der Waals surface area contributed by atoms with Gasteiger partial charge in [0.25, 0.3) is 11.7 Å². The number of ether oxygens (including phenoxy) is 1. The number of morpholine rings is 1. The average molecular weight is 365 g/mol. The minimum absolute atomic E-state index is 0.0337. The number of carbonyl (C=O) groups excluding carboxylic acids is 1. The van der Waals surface area contributed by atoms with E-state index in [9.17, 15) is 4.79 Å². The van der Waals surface area contributed by atoms with Crippen molar-refractivity contribution in [1.29, 1.82) is 0 Å². The summed E-state index contributed by atoms with van der Waals surface area (Å²) in [5.74, 6) is 0.962. The SMILES string of the molecule is Cc1cc(C2CN(C(=O)c3cccc(C(C)C)c3)CCO2)n2ncnc2n1. The normalized spacial score (nSPS) is 17.6. The number of nitrogens with zero attached hydrogens (tertiary/aromatic N) is 5. The first-order chi connectivity index (χ1) is 13.0. The summed E-state index contributed by atoms with van der Waals surface area (Å²) in [4.78, 5) is 23.4. The van der Waals surface area contributed by atoms with E-state index < -0.39 is 0 Å². The van der Waals surface area contributed by atoms with Crippen LogP contribution in [0.1, 0.15) is 53.2 Å². The summed E-state index contributed by atoms with van der Waals surface area (Å²) >= 11 is 0. The van der Waals surface area contributed by atoms with Crippen LogP contribution in [0.15, 0.2) is 36.7 Å². The topological polar surface area (TPSA) is 72.6 Å². The molecule has 1 unspecified atom stereocenters. The highest BCUT2D eigenvalue weighted by atomic mass is 16.5. The third kappa shape index (κ3) is 3.42. The van der Waals surface area contributed by atoms with Gasteiger partial charge in [-0.25, -0.2) is 4.98 Å². The Balaban J connectivity index is 1.60. The van der Waals surface area contributed by atoms with Crippen LogP contribution in [0.2, 0.25) is 0 Å². The Morgan fingerprint density at radius 2 is 2.15 bits per heavy atom. The first kappa shape index (κ1) is 17.6. The lowest BCUT2D eigenvalue weighted by Crippen LogP contribution is -2.42. The number of aromatic nitrogens is 4. The fraction of sp³-hybridized carbons (Fsp3) is 0.400. The van der Waals surface area contributed by atoms with Gasteiger partial charge in [0, 0.05) is 17.8 Å². The van der Waals surface area contributed by atoms with Gasteiger partial charge in [-0.1, -0.05) is 26.0 Å². The van der Waals surface area contributed by atoms with Gasteiger partial charge < -0.3 is 9.64 Å². The Morgan fingerprint density at radius 3 is 2.96 bits per heavy atom. The molecular weight excluding hydrogens is 342 g/mol. The van der Waals surface area contributed by atoms with Crippen LogP contribution in [0, 0.1) is 6.92 Å². The predicted octanol–water partition coefficient (Wildman–Crippen LogP) is 2.77. The van der Waals surface area contributed by atoms with Crippen molar-refractivity contribution in [2.45, 2.75) is 32.8 Å². The van der Waals surface area contributed by atoms with Gasteiger partial charge in [-0.05, 0) is 36.6 Å². The first-order valence-electron chi connectivity index (χ1n) is 9.21. The molecule has 3 aromatic rings. The highest BCUT2D eigenvalue weighted by Crippen LogP contribution is 2.24. The van der Waals surface area contributed by atoms with Crippen molar-refractivity contribution < 1.29 is 9.53 Å². The maximum absolute atomic E-state index is 13.1. The molecule has 0 radical (unpaired) electrons. The number of rotatable bonds is 3. The number of aryl methyl sites for hydroxylation is 1. The van der Waals surface area contributed by atoms with Gasteiger partial charge in [-0.3, -0.25) is 4.79 Å². The third-order valence-electron chi connectivity index (χ3n) is 4.89. The molecule has 1 fully saturated rings. The second kappa shape index (κ2) is 7.08. The zero-order chi connectivity index (χ0) is 19.0. The van der Waals surface area contributed by atoms with E-state index >= 15 is 0 Å². The van der Waals surface area contributed by atoms with Crippen molar-refractivity contribution in [3.8, 4) is 0 Å². The van der Waals surface area contributed by atoms with Crippen molar-refractivity contribution in [3.63, 3.8) is 0 Å². The second-order valence-corrected chi connectivity index (χ2v) is 7.18. The van der Waals surface area contributed by atoms with E-state index in [1.54, 1.807) is 4.52 Å². The van der Waals surface area contributed by atoms with Crippen LogP contribution in [0.4, 0.5) is 0 Å². The van der Waals surface area contributed by atoms with Gasteiger partial charge in [-0.2, -0.15) is 14.6 Å². The van der Waals surface area contributed by atoms with Gasteiger partial charge in [0.15, 0.2) is 0 Å². The molecule has 0 saturated carbocycles. The van der Waals surface area contributed by atoms with E-state index in [-0.39, 0.29) is 12.0 Å². The molecule has 3 heterocycles.